The van der Waals surface area contributed by atoms with E-state index in [4.69, 9.17) is 0 Å². The van der Waals surface area contributed by atoms with Gasteiger partial charge in [0.15, 0.2) is 5.13 Å². The molecule has 0 radical (unpaired) electrons. The molecule has 0 aliphatic heterocycles. The van der Waals surface area contributed by atoms with Crippen molar-refractivity contribution in [3.8, 4) is 0 Å². The zero-order chi connectivity index (χ0) is 13.0. The lowest BCUT2D eigenvalue weighted by molar-refractivity contribution is -0.116. The normalized spacial score (nSPS) is 10.3. The molecule has 2 heterocycles. The smallest absolute Gasteiger partial charge is 0.225 e. The van der Waals surface area contributed by atoms with Gasteiger partial charge in [-0.05, 0) is 6.92 Å². The van der Waals surface area contributed by atoms with Gasteiger partial charge in [-0.25, -0.2) is 4.98 Å². The van der Waals surface area contributed by atoms with Crippen LogP contribution in [0.5, 0.6) is 0 Å². The molecule has 0 aromatic carbocycles. The third kappa shape index (κ3) is 3.02. The Balaban J connectivity index is 1.99. The largest absolute Gasteiger partial charge is 0.369 e. The summed E-state index contributed by atoms with van der Waals surface area (Å²) in [6.07, 6.45) is 1.67. The molecule has 6 nitrogen and oxygen atoms in total. The number of amides is 1. The highest BCUT2D eigenvalue weighted by Gasteiger charge is 2.13. The lowest BCUT2D eigenvalue weighted by Gasteiger charge is -2.14. The molecule has 0 aliphatic carbocycles. The molecule has 1 amide bonds. The quantitative estimate of drug-likeness (QED) is 0.908. The highest BCUT2D eigenvalue weighted by atomic mass is 32.1. The van der Waals surface area contributed by atoms with Crippen LogP contribution < -0.4 is 10.2 Å². The fourth-order valence-electron chi connectivity index (χ4n) is 1.42. The molecule has 0 saturated heterocycles. The zero-order valence-electron chi connectivity index (χ0n) is 10.1. The van der Waals surface area contributed by atoms with Crippen LogP contribution in [0.15, 0.2) is 11.6 Å². The molecule has 2 rings (SSSR count). The van der Waals surface area contributed by atoms with Crippen LogP contribution in [0.3, 0.4) is 0 Å². The average molecular weight is 283 g/mol. The number of hydrogen-bond donors (Lipinski definition) is 1. The van der Waals surface area contributed by atoms with E-state index in [2.05, 4.69) is 19.9 Å². The highest BCUT2D eigenvalue weighted by molar-refractivity contribution is 7.14. The summed E-state index contributed by atoms with van der Waals surface area (Å²) in [4.78, 5) is 17.5. The van der Waals surface area contributed by atoms with Gasteiger partial charge in [0, 0.05) is 30.4 Å². The fourth-order valence-corrected chi connectivity index (χ4v) is 2.76. The Kier molecular flexibility index (Phi) is 4.21. The lowest BCUT2D eigenvalue weighted by Crippen LogP contribution is -2.27. The van der Waals surface area contributed by atoms with Crippen LogP contribution >= 0.6 is 22.9 Å². The minimum absolute atomic E-state index is 0.0121. The highest BCUT2D eigenvalue weighted by Crippen LogP contribution is 2.21. The number of carbonyl (C=O) groups excluding carboxylic acids is 1. The van der Waals surface area contributed by atoms with Crippen LogP contribution in [0.4, 0.5) is 10.1 Å². The Morgan fingerprint density at radius 2 is 2.39 bits per heavy atom. The molecule has 0 fully saturated rings. The summed E-state index contributed by atoms with van der Waals surface area (Å²) in [5.41, 5.74) is 0.906. The van der Waals surface area contributed by atoms with Crippen LogP contribution in [-0.2, 0) is 11.3 Å². The molecule has 18 heavy (non-hydrogen) atoms. The van der Waals surface area contributed by atoms with Crippen molar-refractivity contribution >= 4 is 38.9 Å². The van der Waals surface area contributed by atoms with Gasteiger partial charge in [-0.2, -0.15) is 0 Å². The maximum atomic E-state index is 11.4. The number of nitrogens with one attached hydrogen (secondary N) is 1. The van der Waals surface area contributed by atoms with Gasteiger partial charge >= 0.3 is 0 Å². The first-order valence-corrected chi connectivity index (χ1v) is 7.09. The van der Waals surface area contributed by atoms with E-state index in [0.717, 1.165) is 15.8 Å². The lowest BCUT2D eigenvalue weighted by atomic mass is 10.5. The standard InChI is InChI=1S/C10H13N5OS2/c1-3-15(7(2)16)10-13-8(6-17-10)4-11-9-5-12-14-18-9/h5-6,11H,3-4H2,1-2H3. The van der Waals surface area contributed by atoms with Crippen molar-refractivity contribution in [3.63, 3.8) is 0 Å². The van der Waals surface area contributed by atoms with Gasteiger partial charge in [-0.15, -0.1) is 16.4 Å². The molecule has 0 bridgehead atoms. The molecular weight excluding hydrogens is 270 g/mol. The number of hydrogen-bond acceptors (Lipinski definition) is 7. The van der Waals surface area contributed by atoms with Gasteiger partial charge in [0.25, 0.3) is 0 Å². The van der Waals surface area contributed by atoms with E-state index in [1.54, 1.807) is 18.0 Å². The van der Waals surface area contributed by atoms with Gasteiger partial charge < -0.3 is 5.32 Å². The molecule has 96 valence electrons. The molecule has 0 unspecified atom stereocenters. The van der Waals surface area contributed by atoms with E-state index in [9.17, 15) is 4.79 Å². The summed E-state index contributed by atoms with van der Waals surface area (Å²) >= 11 is 2.78. The van der Waals surface area contributed by atoms with Gasteiger partial charge in [0.2, 0.25) is 5.91 Å². The molecule has 2 aromatic heterocycles. The Labute approximate surface area is 113 Å². The third-order valence-corrected chi connectivity index (χ3v) is 3.81. The first kappa shape index (κ1) is 12.9. The van der Waals surface area contributed by atoms with Gasteiger partial charge in [-0.3, -0.25) is 9.69 Å². The summed E-state index contributed by atoms with van der Waals surface area (Å²) < 4.78 is 3.76. The number of thiazole rings is 1. The summed E-state index contributed by atoms with van der Waals surface area (Å²) in [6.45, 7) is 4.72. The number of carbonyl (C=O) groups is 1. The second kappa shape index (κ2) is 5.87. The average Bonchev–Trinajstić information content (AvgIpc) is 2.97. The van der Waals surface area contributed by atoms with E-state index in [1.807, 2.05) is 12.3 Å². The second-order valence-corrected chi connectivity index (χ2v) is 5.14. The molecular formula is C10H13N5OS2. The monoisotopic (exact) mass is 283 g/mol. The summed E-state index contributed by atoms with van der Waals surface area (Å²) in [5.74, 6) is 0.0121. The Morgan fingerprint density at radius 3 is 3.00 bits per heavy atom. The molecule has 2 aromatic rings. The summed E-state index contributed by atoms with van der Waals surface area (Å²) in [5, 5.41) is 10.5. The second-order valence-electron chi connectivity index (χ2n) is 3.52. The van der Waals surface area contributed by atoms with Crippen molar-refractivity contribution < 1.29 is 4.79 Å². The minimum Gasteiger partial charge on any atom is -0.369 e. The molecule has 0 spiro atoms. The van der Waals surface area contributed by atoms with Crippen LogP contribution in [0.25, 0.3) is 0 Å². The molecule has 0 atom stereocenters. The Bertz CT molecular complexity index is 510. The summed E-state index contributed by atoms with van der Waals surface area (Å²) in [7, 11) is 0. The first-order chi connectivity index (χ1) is 8.70. The first-order valence-electron chi connectivity index (χ1n) is 5.44. The number of rotatable bonds is 5. The van der Waals surface area contributed by atoms with E-state index in [0.29, 0.717) is 13.1 Å². The summed E-state index contributed by atoms with van der Waals surface area (Å²) in [6, 6.07) is 0. The van der Waals surface area contributed by atoms with Crippen molar-refractivity contribution in [1.29, 1.82) is 0 Å². The maximum Gasteiger partial charge on any atom is 0.225 e. The Morgan fingerprint density at radius 1 is 1.56 bits per heavy atom. The zero-order valence-corrected chi connectivity index (χ0v) is 11.7. The van der Waals surface area contributed by atoms with Crippen molar-refractivity contribution in [3.05, 3.63) is 17.3 Å². The van der Waals surface area contributed by atoms with E-state index in [1.165, 1.54) is 22.9 Å². The van der Waals surface area contributed by atoms with Crippen molar-refractivity contribution in [2.45, 2.75) is 20.4 Å². The van der Waals surface area contributed by atoms with E-state index < -0.39 is 0 Å². The third-order valence-electron chi connectivity index (χ3n) is 2.27. The molecule has 0 aliphatic rings. The number of aromatic nitrogens is 3. The van der Waals surface area contributed by atoms with Gasteiger partial charge in [0.1, 0.15) is 5.00 Å². The van der Waals surface area contributed by atoms with Crippen LogP contribution in [-0.4, -0.2) is 27.0 Å². The Hall–Kier alpha value is -1.54. The predicted octanol–water partition coefficient (Wildman–Crippen LogP) is 1.98. The number of nitrogens with zero attached hydrogens (tertiary/aromatic N) is 4. The van der Waals surface area contributed by atoms with Crippen molar-refractivity contribution in [2.24, 2.45) is 0 Å². The van der Waals surface area contributed by atoms with Crippen LogP contribution in [0.1, 0.15) is 19.5 Å². The molecule has 8 heteroatoms. The molecule has 1 N–H and O–H groups in total. The van der Waals surface area contributed by atoms with Gasteiger partial charge in [0.05, 0.1) is 18.4 Å². The van der Waals surface area contributed by atoms with E-state index in [-0.39, 0.29) is 5.91 Å². The molecule has 0 saturated carbocycles. The maximum absolute atomic E-state index is 11.4. The SMILES string of the molecule is CCN(C(C)=O)c1nc(CNc2cnns2)cs1. The van der Waals surface area contributed by atoms with Gasteiger partial charge in [-0.1, -0.05) is 4.49 Å². The van der Waals surface area contributed by atoms with Crippen molar-refractivity contribution in [2.75, 3.05) is 16.8 Å². The fraction of sp³-hybridized carbons (Fsp3) is 0.400. The predicted molar refractivity (Wildman–Crippen MR) is 73.1 cm³/mol. The van der Waals surface area contributed by atoms with E-state index >= 15 is 0 Å². The van der Waals surface area contributed by atoms with Crippen LogP contribution in [0.2, 0.25) is 0 Å². The van der Waals surface area contributed by atoms with Crippen LogP contribution in [0, 0.1) is 0 Å². The minimum atomic E-state index is 0.0121. The van der Waals surface area contributed by atoms with Crippen molar-refractivity contribution in [1.82, 2.24) is 14.6 Å². The number of anilines is 2. The topological polar surface area (TPSA) is 71.0 Å².